The molecule has 0 saturated heterocycles. The van der Waals surface area contributed by atoms with E-state index in [1.54, 1.807) is 27.0 Å². The zero-order valence-electron chi connectivity index (χ0n) is 16.0. The molecule has 5 nitrogen and oxygen atoms in total. The number of rotatable bonds is 8. The van der Waals surface area contributed by atoms with Gasteiger partial charge in [0.05, 0.1) is 0 Å². The first kappa shape index (κ1) is 20.5. The maximum Gasteiger partial charge on any atom is 0.331 e. The Hall–Kier alpha value is -2.82. The number of aromatic nitrogens is 1. The number of allylic oxidation sites excluding steroid dienone is 5. The van der Waals surface area contributed by atoms with Crippen molar-refractivity contribution in [3.8, 4) is 0 Å². The Morgan fingerprint density at radius 3 is 2.37 bits per heavy atom. The molecular weight excluding hydrogens is 342 g/mol. The van der Waals surface area contributed by atoms with Gasteiger partial charge in [-0.3, -0.25) is 14.6 Å². The van der Waals surface area contributed by atoms with Crippen LogP contribution in [0.3, 0.4) is 0 Å². The largest absolute Gasteiger partial charge is 0.478 e. The minimum Gasteiger partial charge on any atom is -0.478 e. The maximum absolute atomic E-state index is 12.5. The molecule has 1 heterocycles. The fraction of sp³-hybridized carbons (Fsp3) is 0.364. The van der Waals surface area contributed by atoms with E-state index in [9.17, 15) is 19.5 Å². The van der Waals surface area contributed by atoms with E-state index in [-0.39, 0.29) is 22.7 Å². The number of carbonyl (C=O) groups excluding carboxylic acids is 2. The highest BCUT2D eigenvalue weighted by molar-refractivity contribution is 6.25. The molecule has 1 aromatic heterocycles. The third-order valence-corrected chi connectivity index (χ3v) is 4.96. The van der Waals surface area contributed by atoms with E-state index in [1.807, 2.05) is 18.3 Å². The average Bonchev–Trinajstić information content (AvgIpc) is 2.66. The van der Waals surface area contributed by atoms with Crippen LogP contribution in [0.2, 0.25) is 0 Å². The van der Waals surface area contributed by atoms with Crippen LogP contribution in [0.5, 0.6) is 0 Å². The normalized spacial score (nSPS) is 15.6. The van der Waals surface area contributed by atoms with Gasteiger partial charge in [0.1, 0.15) is 0 Å². The first-order chi connectivity index (χ1) is 12.8. The molecule has 142 valence electrons. The van der Waals surface area contributed by atoms with Gasteiger partial charge in [0.2, 0.25) is 0 Å². The number of pyridine rings is 1. The first-order valence-electron chi connectivity index (χ1n) is 9.13. The Morgan fingerprint density at radius 1 is 1.04 bits per heavy atom. The minimum atomic E-state index is -1.05. The van der Waals surface area contributed by atoms with E-state index in [0.29, 0.717) is 29.6 Å². The summed E-state index contributed by atoms with van der Waals surface area (Å²) in [5, 5.41) is 9.49. The van der Waals surface area contributed by atoms with E-state index in [2.05, 4.69) is 4.98 Å². The molecule has 0 atom stereocenters. The van der Waals surface area contributed by atoms with Crippen LogP contribution in [0.1, 0.15) is 52.0 Å². The summed E-state index contributed by atoms with van der Waals surface area (Å²) in [6.07, 6.45) is 8.75. The molecule has 27 heavy (non-hydrogen) atoms. The fourth-order valence-electron chi connectivity index (χ4n) is 3.07. The van der Waals surface area contributed by atoms with Crippen molar-refractivity contribution in [2.75, 3.05) is 0 Å². The highest BCUT2D eigenvalue weighted by Crippen LogP contribution is 2.26. The Bertz CT molecular complexity index is 844. The Morgan fingerprint density at radius 2 is 1.74 bits per heavy atom. The van der Waals surface area contributed by atoms with Crippen molar-refractivity contribution in [1.82, 2.24) is 4.98 Å². The zero-order chi connectivity index (χ0) is 20.0. The lowest BCUT2D eigenvalue weighted by Crippen LogP contribution is -2.20. The van der Waals surface area contributed by atoms with Gasteiger partial charge in [0.25, 0.3) is 0 Å². The SMILES string of the molecule is CC1=C(C)C(=O)C(/C=C(\CCCCCc2cccnc2)C(=O)O)=C(C)C1=O. The number of nitrogens with zero attached hydrogens (tertiary/aromatic N) is 1. The van der Waals surface area contributed by atoms with Crippen LogP contribution in [-0.2, 0) is 20.8 Å². The second-order valence-electron chi connectivity index (χ2n) is 6.84. The van der Waals surface area contributed by atoms with Gasteiger partial charge in [-0.05, 0) is 64.2 Å². The first-order valence-corrected chi connectivity index (χ1v) is 9.13. The van der Waals surface area contributed by atoms with Crippen molar-refractivity contribution >= 4 is 17.5 Å². The van der Waals surface area contributed by atoms with Gasteiger partial charge in [0, 0.05) is 40.3 Å². The molecule has 5 heteroatoms. The Balaban J connectivity index is 2.01. The van der Waals surface area contributed by atoms with Gasteiger partial charge >= 0.3 is 5.97 Å². The molecule has 1 aromatic rings. The van der Waals surface area contributed by atoms with E-state index < -0.39 is 5.97 Å². The third-order valence-electron chi connectivity index (χ3n) is 4.96. The Labute approximate surface area is 159 Å². The maximum atomic E-state index is 12.5. The van der Waals surface area contributed by atoms with Crippen molar-refractivity contribution in [2.24, 2.45) is 0 Å². The number of Topliss-reactive ketones (excluding diaryl/α,β-unsaturated/α-hetero) is 2. The molecule has 0 bridgehead atoms. The standard InChI is InChI=1S/C22H25NO4/c1-14-15(2)21(25)19(16(3)20(14)24)12-18(22(26)27)10-6-4-5-8-17-9-7-11-23-13-17/h7,9,11-13H,4-6,8,10H2,1-3H3,(H,26,27)/b18-12+. The summed E-state index contributed by atoms with van der Waals surface area (Å²) < 4.78 is 0. The zero-order valence-corrected chi connectivity index (χ0v) is 16.0. The Kier molecular flexibility index (Phi) is 6.99. The van der Waals surface area contributed by atoms with Crippen molar-refractivity contribution in [1.29, 1.82) is 0 Å². The van der Waals surface area contributed by atoms with Crippen molar-refractivity contribution in [3.63, 3.8) is 0 Å². The minimum absolute atomic E-state index is 0.166. The predicted molar refractivity (Wildman–Crippen MR) is 103 cm³/mol. The number of carboxylic acid groups (broad SMARTS) is 1. The number of ketones is 2. The van der Waals surface area contributed by atoms with Gasteiger partial charge in [-0.25, -0.2) is 4.79 Å². The second kappa shape index (κ2) is 9.21. The predicted octanol–water partition coefficient (Wildman–Crippen LogP) is 4.00. The lowest BCUT2D eigenvalue weighted by Gasteiger charge is -2.17. The number of aryl methyl sites for hydroxylation is 1. The van der Waals surface area contributed by atoms with Crippen LogP contribution < -0.4 is 0 Å². The number of aliphatic carboxylic acids is 1. The van der Waals surface area contributed by atoms with Crippen molar-refractivity contribution in [3.05, 3.63) is 64.0 Å². The van der Waals surface area contributed by atoms with Gasteiger partial charge in [-0.1, -0.05) is 12.5 Å². The summed E-state index contributed by atoms with van der Waals surface area (Å²) in [7, 11) is 0. The molecule has 0 unspecified atom stereocenters. The van der Waals surface area contributed by atoms with Crippen LogP contribution in [-0.4, -0.2) is 27.6 Å². The van der Waals surface area contributed by atoms with Gasteiger partial charge in [0.15, 0.2) is 11.6 Å². The number of carbonyl (C=O) groups is 3. The topological polar surface area (TPSA) is 84.3 Å². The second-order valence-corrected chi connectivity index (χ2v) is 6.84. The highest BCUT2D eigenvalue weighted by atomic mass is 16.4. The van der Waals surface area contributed by atoms with Crippen LogP contribution >= 0.6 is 0 Å². The number of hydrogen-bond donors (Lipinski definition) is 1. The molecule has 1 aliphatic carbocycles. The van der Waals surface area contributed by atoms with Gasteiger partial charge < -0.3 is 5.11 Å². The molecule has 1 aliphatic rings. The molecule has 0 radical (unpaired) electrons. The molecule has 0 amide bonds. The van der Waals surface area contributed by atoms with Crippen LogP contribution in [0.25, 0.3) is 0 Å². The van der Waals surface area contributed by atoms with Crippen molar-refractivity contribution < 1.29 is 19.5 Å². The number of hydrogen-bond acceptors (Lipinski definition) is 4. The van der Waals surface area contributed by atoms with Crippen LogP contribution in [0, 0.1) is 0 Å². The molecule has 0 spiro atoms. The van der Waals surface area contributed by atoms with E-state index >= 15 is 0 Å². The lowest BCUT2D eigenvalue weighted by molar-refractivity contribution is -0.132. The van der Waals surface area contributed by atoms with Gasteiger partial charge in [-0.2, -0.15) is 0 Å². The lowest BCUT2D eigenvalue weighted by atomic mass is 9.85. The summed E-state index contributed by atoms with van der Waals surface area (Å²) >= 11 is 0. The van der Waals surface area contributed by atoms with E-state index in [4.69, 9.17) is 0 Å². The average molecular weight is 367 g/mol. The molecular formula is C22H25NO4. The molecule has 0 fully saturated rings. The summed E-state index contributed by atoms with van der Waals surface area (Å²) in [5.74, 6) is -1.51. The molecule has 0 saturated carbocycles. The van der Waals surface area contributed by atoms with Crippen molar-refractivity contribution in [2.45, 2.75) is 52.9 Å². The van der Waals surface area contributed by atoms with Crippen LogP contribution in [0.4, 0.5) is 0 Å². The molecule has 0 aliphatic heterocycles. The van der Waals surface area contributed by atoms with Gasteiger partial charge in [-0.15, -0.1) is 0 Å². The third kappa shape index (κ3) is 5.09. The van der Waals surface area contributed by atoms with Crippen LogP contribution in [0.15, 0.2) is 58.5 Å². The van der Waals surface area contributed by atoms with E-state index in [0.717, 1.165) is 24.8 Å². The highest BCUT2D eigenvalue weighted by Gasteiger charge is 2.27. The summed E-state index contributed by atoms with van der Waals surface area (Å²) in [6.45, 7) is 4.81. The fourth-order valence-corrected chi connectivity index (χ4v) is 3.07. The quantitative estimate of drug-likeness (QED) is 0.426. The number of unbranched alkanes of at least 4 members (excludes halogenated alkanes) is 2. The molecule has 0 aromatic carbocycles. The summed E-state index contributed by atoms with van der Waals surface area (Å²) in [6, 6.07) is 3.92. The molecule has 1 N–H and O–H groups in total. The number of carboxylic acids is 1. The summed E-state index contributed by atoms with van der Waals surface area (Å²) in [4.78, 5) is 40.4. The molecule has 2 rings (SSSR count). The smallest absolute Gasteiger partial charge is 0.331 e. The van der Waals surface area contributed by atoms with E-state index in [1.165, 1.54) is 6.08 Å². The summed E-state index contributed by atoms with van der Waals surface area (Å²) in [5.41, 5.74) is 2.67. The monoisotopic (exact) mass is 367 g/mol.